The van der Waals surface area contributed by atoms with Gasteiger partial charge in [0.2, 0.25) is 0 Å². The van der Waals surface area contributed by atoms with E-state index >= 15 is 0 Å². The van der Waals surface area contributed by atoms with Gasteiger partial charge >= 0.3 is 12.1 Å². The number of allylic oxidation sites excluding steroid dienone is 2. The SMILES string of the molecule is N#CCOC(=O)c1ccc(C(/C=C(\N)C(F)(F)F)=Nc2ccccc2Cl)cc1. The minimum absolute atomic E-state index is 0.0973. The first kappa shape index (κ1) is 21.0. The third-order valence-corrected chi connectivity index (χ3v) is 3.72. The zero-order valence-corrected chi connectivity index (χ0v) is 15.0. The maximum absolute atomic E-state index is 12.9. The molecule has 9 heteroatoms. The van der Waals surface area contributed by atoms with Crippen LogP contribution < -0.4 is 5.73 Å². The van der Waals surface area contributed by atoms with E-state index in [0.717, 1.165) is 0 Å². The summed E-state index contributed by atoms with van der Waals surface area (Å²) in [4.78, 5) is 15.9. The predicted molar refractivity (Wildman–Crippen MR) is 98.3 cm³/mol. The molecule has 0 unspecified atom stereocenters. The fourth-order valence-electron chi connectivity index (χ4n) is 2.04. The third-order valence-electron chi connectivity index (χ3n) is 3.40. The Morgan fingerprint density at radius 1 is 1.18 bits per heavy atom. The van der Waals surface area contributed by atoms with Crippen LogP contribution in [0.5, 0.6) is 0 Å². The van der Waals surface area contributed by atoms with Crippen LogP contribution in [0.3, 0.4) is 0 Å². The number of hydrogen-bond donors (Lipinski definition) is 1. The molecule has 28 heavy (non-hydrogen) atoms. The van der Waals surface area contributed by atoms with Crippen molar-refractivity contribution in [3.63, 3.8) is 0 Å². The van der Waals surface area contributed by atoms with Crippen molar-refractivity contribution in [1.82, 2.24) is 0 Å². The summed E-state index contributed by atoms with van der Waals surface area (Å²) in [5.74, 6) is -0.733. The van der Waals surface area contributed by atoms with Crippen LogP contribution >= 0.6 is 11.6 Å². The Labute approximate surface area is 163 Å². The van der Waals surface area contributed by atoms with E-state index in [2.05, 4.69) is 9.73 Å². The molecule has 0 aliphatic rings. The predicted octanol–water partition coefficient (Wildman–Crippen LogP) is 4.55. The van der Waals surface area contributed by atoms with Gasteiger partial charge in [-0.3, -0.25) is 0 Å². The van der Waals surface area contributed by atoms with Gasteiger partial charge in [0.05, 0.1) is 22.0 Å². The van der Waals surface area contributed by atoms with Crippen LogP contribution in [-0.2, 0) is 4.74 Å². The summed E-state index contributed by atoms with van der Waals surface area (Å²) in [6.45, 7) is -0.412. The number of nitrogens with zero attached hydrogens (tertiary/aromatic N) is 2. The Hall–Kier alpha value is -3.31. The number of benzene rings is 2. The first-order valence-electron chi connectivity index (χ1n) is 7.74. The fourth-order valence-corrected chi connectivity index (χ4v) is 2.22. The molecule has 0 bridgehead atoms. The largest absolute Gasteiger partial charge is 0.447 e. The average Bonchev–Trinajstić information content (AvgIpc) is 2.66. The second-order valence-electron chi connectivity index (χ2n) is 5.36. The van der Waals surface area contributed by atoms with Crippen LogP contribution in [0, 0.1) is 11.3 Å². The number of carbonyl (C=O) groups excluding carboxylic acids is 1. The van der Waals surface area contributed by atoms with Gasteiger partial charge in [-0.25, -0.2) is 9.79 Å². The monoisotopic (exact) mass is 407 g/mol. The van der Waals surface area contributed by atoms with Gasteiger partial charge in [0.25, 0.3) is 0 Å². The van der Waals surface area contributed by atoms with Crippen LogP contribution in [0.4, 0.5) is 18.9 Å². The second-order valence-corrected chi connectivity index (χ2v) is 5.76. The van der Waals surface area contributed by atoms with E-state index in [1.54, 1.807) is 24.3 Å². The highest BCUT2D eigenvalue weighted by molar-refractivity contribution is 6.33. The summed E-state index contributed by atoms with van der Waals surface area (Å²) in [5.41, 5.74) is 4.35. The van der Waals surface area contributed by atoms with E-state index in [1.807, 2.05) is 0 Å². The number of ether oxygens (including phenoxy) is 1. The highest BCUT2D eigenvalue weighted by Crippen LogP contribution is 2.27. The Morgan fingerprint density at radius 2 is 1.79 bits per heavy atom. The van der Waals surface area contributed by atoms with Gasteiger partial charge in [-0.1, -0.05) is 35.9 Å². The van der Waals surface area contributed by atoms with Crippen molar-refractivity contribution in [2.75, 3.05) is 6.61 Å². The van der Waals surface area contributed by atoms with Crippen molar-refractivity contribution in [1.29, 1.82) is 5.26 Å². The van der Waals surface area contributed by atoms with Crippen molar-refractivity contribution in [3.8, 4) is 6.07 Å². The highest BCUT2D eigenvalue weighted by atomic mass is 35.5. The fraction of sp³-hybridized carbons (Fsp3) is 0.105. The topological polar surface area (TPSA) is 88.5 Å². The lowest BCUT2D eigenvalue weighted by Crippen LogP contribution is -2.21. The second kappa shape index (κ2) is 9.06. The zero-order chi connectivity index (χ0) is 20.7. The Morgan fingerprint density at radius 3 is 2.36 bits per heavy atom. The molecule has 0 spiro atoms. The van der Waals surface area contributed by atoms with E-state index in [0.29, 0.717) is 6.08 Å². The molecule has 0 aliphatic heterocycles. The van der Waals surface area contributed by atoms with E-state index in [4.69, 9.17) is 22.6 Å². The normalized spacial score (nSPS) is 12.4. The quantitative estimate of drug-likeness (QED) is 0.582. The number of nitrogens with two attached hydrogens (primary N) is 1. The molecular formula is C19H13ClF3N3O2. The van der Waals surface area contributed by atoms with E-state index < -0.39 is 24.4 Å². The van der Waals surface area contributed by atoms with Gasteiger partial charge in [0.15, 0.2) is 6.61 Å². The van der Waals surface area contributed by atoms with Crippen molar-refractivity contribution in [2.45, 2.75) is 6.18 Å². The van der Waals surface area contributed by atoms with E-state index in [1.165, 1.54) is 30.3 Å². The standard InChI is InChI=1S/C19H13ClF3N3O2/c20-14-3-1-2-4-15(14)26-16(11-17(25)19(21,22)23)12-5-7-13(8-6-12)18(27)28-10-9-24/h1-8,11H,10,25H2/b17-11-,26-16?. The Bertz CT molecular complexity index is 962. The van der Waals surface area contributed by atoms with E-state index in [9.17, 15) is 18.0 Å². The van der Waals surface area contributed by atoms with Crippen molar-refractivity contribution in [2.24, 2.45) is 10.7 Å². The molecule has 2 rings (SSSR count). The summed E-state index contributed by atoms with van der Waals surface area (Å²) < 4.78 is 43.3. The van der Waals surface area contributed by atoms with Gasteiger partial charge in [-0.05, 0) is 30.3 Å². The van der Waals surface area contributed by atoms with Gasteiger partial charge in [0.1, 0.15) is 11.8 Å². The minimum Gasteiger partial charge on any atom is -0.447 e. The number of alkyl halides is 3. The molecule has 0 saturated carbocycles. The molecule has 2 aromatic carbocycles. The van der Waals surface area contributed by atoms with E-state index in [-0.39, 0.29) is 27.5 Å². The number of aliphatic imine (C=N–C) groups is 1. The maximum atomic E-state index is 12.9. The number of nitriles is 1. The van der Waals surface area contributed by atoms with Crippen molar-refractivity contribution in [3.05, 3.63) is 76.5 Å². The highest BCUT2D eigenvalue weighted by Gasteiger charge is 2.31. The van der Waals surface area contributed by atoms with Crippen molar-refractivity contribution >= 4 is 29.0 Å². The van der Waals surface area contributed by atoms with Crippen LogP contribution in [-0.4, -0.2) is 24.5 Å². The molecule has 0 amide bonds. The molecule has 144 valence electrons. The Kier molecular flexibility index (Phi) is 6.79. The molecule has 0 fully saturated rings. The molecule has 0 atom stereocenters. The van der Waals surface area contributed by atoms with Crippen LogP contribution in [0.25, 0.3) is 0 Å². The number of para-hydroxylation sites is 1. The zero-order valence-electron chi connectivity index (χ0n) is 14.2. The molecular weight excluding hydrogens is 395 g/mol. The number of hydrogen-bond acceptors (Lipinski definition) is 5. The first-order valence-corrected chi connectivity index (χ1v) is 8.12. The Balaban J connectivity index is 2.47. The number of esters is 1. The van der Waals surface area contributed by atoms with Gasteiger partial charge in [0, 0.05) is 5.56 Å². The minimum atomic E-state index is -4.73. The number of carbonyl (C=O) groups is 1. The van der Waals surface area contributed by atoms with Gasteiger partial charge in [-0.2, -0.15) is 18.4 Å². The van der Waals surface area contributed by atoms with Crippen LogP contribution in [0.1, 0.15) is 15.9 Å². The lowest BCUT2D eigenvalue weighted by Gasteiger charge is -2.09. The number of halogens is 4. The molecule has 0 saturated heterocycles. The molecule has 2 N–H and O–H groups in total. The maximum Gasteiger partial charge on any atom is 0.430 e. The average molecular weight is 408 g/mol. The van der Waals surface area contributed by atoms with Crippen molar-refractivity contribution < 1.29 is 22.7 Å². The summed E-state index contributed by atoms with van der Waals surface area (Å²) in [5, 5.41) is 8.67. The summed E-state index contributed by atoms with van der Waals surface area (Å²) in [6, 6.07) is 13.5. The smallest absolute Gasteiger partial charge is 0.430 e. The van der Waals surface area contributed by atoms with Gasteiger partial charge in [-0.15, -0.1) is 0 Å². The molecule has 0 heterocycles. The lowest BCUT2D eigenvalue weighted by molar-refractivity contribution is -0.0925. The molecule has 0 aromatic heterocycles. The third kappa shape index (κ3) is 5.59. The van der Waals surface area contributed by atoms with Gasteiger partial charge < -0.3 is 10.5 Å². The molecule has 2 aromatic rings. The first-order chi connectivity index (χ1) is 13.2. The summed E-state index contributed by atoms with van der Waals surface area (Å²) >= 11 is 6.03. The molecule has 0 aliphatic carbocycles. The van der Waals surface area contributed by atoms with Crippen LogP contribution in [0.2, 0.25) is 5.02 Å². The number of rotatable bonds is 5. The lowest BCUT2D eigenvalue weighted by atomic mass is 10.1. The summed E-state index contributed by atoms with van der Waals surface area (Å²) in [7, 11) is 0. The molecule has 0 radical (unpaired) electrons. The molecule has 5 nitrogen and oxygen atoms in total. The summed E-state index contributed by atoms with van der Waals surface area (Å²) in [6.07, 6.45) is -4.05. The van der Waals surface area contributed by atoms with Crippen LogP contribution in [0.15, 0.2) is 65.3 Å².